The van der Waals surface area contributed by atoms with Crippen molar-refractivity contribution in [1.29, 1.82) is 0 Å². The minimum Gasteiger partial charge on any atom is -0.368 e. The molecule has 2 aliphatic heterocycles. The molecule has 6 nitrogen and oxygen atoms in total. The molecule has 0 saturated carbocycles. The van der Waals surface area contributed by atoms with E-state index < -0.39 is 0 Å². The van der Waals surface area contributed by atoms with Gasteiger partial charge in [-0.1, -0.05) is 11.6 Å². The second-order valence-corrected chi connectivity index (χ2v) is 9.34. The third kappa shape index (κ3) is 3.70. The smallest absolute Gasteiger partial charge is 0.330 e. The van der Waals surface area contributed by atoms with Gasteiger partial charge in [-0.2, -0.15) is 5.10 Å². The van der Waals surface area contributed by atoms with Crippen LogP contribution in [0.15, 0.2) is 60.4 Å². The third-order valence-electron chi connectivity index (χ3n) is 5.71. The fourth-order valence-electron chi connectivity index (χ4n) is 4.14. The lowest BCUT2D eigenvalue weighted by atomic mass is 10.1. The first-order chi connectivity index (χ1) is 15.0. The van der Waals surface area contributed by atoms with E-state index in [-0.39, 0.29) is 17.9 Å². The van der Waals surface area contributed by atoms with Crippen LogP contribution in [0.1, 0.15) is 17.8 Å². The molecule has 0 N–H and O–H groups in total. The van der Waals surface area contributed by atoms with Gasteiger partial charge >= 0.3 is 6.03 Å². The second-order valence-electron chi connectivity index (χ2n) is 7.60. The molecule has 5 rings (SSSR count). The predicted octanol–water partition coefficient (Wildman–Crippen LogP) is 4.99. The Morgan fingerprint density at radius 2 is 1.84 bits per heavy atom. The van der Waals surface area contributed by atoms with E-state index in [0.717, 1.165) is 26.4 Å². The van der Waals surface area contributed by atoms with E-state index in [1.807, 2.05) is 34.7 Å². The highest BCUT2D eigenvalue weighted by Gasteiger charge is 2.34. The van der Waals surface area contributed by atoms with Gasteiger partial charge in [-0.15, -0.1) is 11.3 Å². The molecule has 0 radical (unpaired) electrons. The molecule has 2 aliphatic rings. The number of halogens is 2. The fraction of sp³-hybridized carbons (Fsp3) is 0.273. The number of rotatable bonds is 2. The standard InChI is InChI=1S/C22H21ClFN5OS/c1-15-14-18(19-6-7-20(23)31-19)29-21(8-9-25-29)28(15)22(30)27-12-10-26(11-13-27)17-4-2-16(24)3-5-17/h2-9,14,18H,10-13H2,1H3. The van der Waals surface area contributed by atoms with Gasteiger partial charge in [0.25, 0.3) is 0 Å². The van der Waals surface area contributed by atoms with E-state index in [0.29, 0.717) is 26.2 Å². The summed E-state index contributed by atoms with van der Waals surface area (Å²) in [6, 6.07) is 12.1. The molecule has 9 heteroatoms. The normalized spacial score (nSPS) is 18.7. The van der Waals surface area contributed by atoms with Crippen LogP contribution in [0.5, 0.6) is 0 Å². The van der Waals surface area contributed by atoms with Gasteiger partial charge in [0.05, 0.1) is 10.5 Å². The SMILES string of the molecule is CC1=CC(c2ccc(Cl)s2)n2nccc2N1C(=O)N1CCN(c2ccc(F)cc2)CC1. The summed E-state index contributed by atoms with van der Waals surface area (Å²) in [5.41, 5.74) is 1.84. The molecular formula is C22H21ClFN5OS. The number of allylic oxidation sites excluding steroid dienone is 2. The van der Waals surface area contributed by atoms with Gasteiger partial charge in [-0.3, -0.25) is 4.90 Å². The summed E-state index contributed by atoms with van der Waals surface area (Å²) >= 11 is 7.65. The van der Waals surface area contributed by atoms with Crippen molar-refractivity contribution in [2.45, 2.75) is 13.0 Å². The van der Waals surface area contributed by atoms with Crippen LogP contribution in [0.4, 0.5) is 20.7 Å². The second kappa shape index (κ2) is 8.01. The van der Waals surface area contributed by atoms with Crippen LogP contribution in [0, 0.1) is 5.82 Å². The largest absolute Gasteiger partial charge is 0.368 e. The summed E-state index contributed by atoms with van der Waals surface area (Å²) in [6.07, 6.45) is 3.77. The van der Waals surface area contributed by atoms with Crippen molar-refractivity contribution in [3.8, 4) is 0 Å². The van der Waals surface area contributed by atoms with Crippen LogP contribution >= 0.6 is 22.9 Å². The zero-order chi connectivity index (χ0) is 21.5. The Kier molecular flexibility index (Phi) is 5.19. The van der Waals surface area contributed by atoms with E-state index in [1.165, 1.54) is 23.5 Å². The summed E-state index contributed by atoms with van der Waals surface area (Å²) < 4.78 is 15.8. The summed E-state index contributed by atoms with van der Waals surface area (Å²) in [5.74, 6) is 0.505. The number of piperazine rings is 1. The van der Waals surface area contributed by atoms with Crippen molar-refractivity contribution in [3.63, 3.8) is 0 Å². The van der Waals surface area contributed by atoms with Crippen molar-refractivity contribution in [2.24, 2.45) is 0 Å². The van der Waals surface area contributed by atoms with Crippen molar-refractivity contribution in [3.05, 3.63) is 75.5 Å². The van der Waals surface area contributed by atoms with E-state index >= 15 is 0 Å². The number of carbonyl (C=O) groups is 1. The highest BCUT2D eigenvalue weighted by Crippen LogP contribution is 2.38. The molecule has 1 aromatic carbocycles. The van der Waals surface area contributed by atoms with Crippen molar-refractivity contribution in [1.82, 2.24) is 14.7 Å². The maximum absolute atomic E-state index is 13.4. The molecule has 1 fully saturated rings. The Morgan fingerprint density at radius 3 is 2.52 bits per heavy atom. The van der Waals surface area contributed by atoms with E-state index in [9.17, 15) is 9.18 Å². The molecule has 0 bridgehead atoms. The quantitative estimate of drug-likeness (QED) is 0.544. The first-order valence-corrected chi connectivity index (χ1v) is 11.3. The van der Waals surface area contributed by atoms with E-state index in [2.05, 4.69) is 16.1 Å². The highest BCUT2D eigenvalue weighted by molar-refractivity contribution is 7.16. The van der Waals surface area contributed by atoms with Gasteiger partial charge in [0, 0.05) is 48.5 Å². The maximum Gasteiger partial charge on any atom is 0.330 e. The Hall–Kier alpha value is -2.84. The van der Waals surface area contributed by atoms with Crippen molar-refractivity contribution < 1.29 is 9.18 Å². The van der Waals surface area contributed by atoms with Gasteiger partial charge in [-0.05, 0) is 49.4 Å². The van der Waals surface area contributed by atoms with Gasteiger partial charge in [0.1, 0.15) is 17.7 Å². The van der Waals surface area contributed by atoms with Crippen LogP contribution in [0.2, 0.25) is 4.34 Å². The molecule has 4 heterocycles. The first-order valence-electron chi connectivity index (χ1n) is 10.1. The molecule has 1 atom stereocenters. The Balaban J connectivity index is 1.34. The van der Waals surface area contributed by atoms with Gasteiger partial charge in [-0.25, -0.2) is 13.9 Å². The monoisotopic (exact) mass is 457 g/mol. The molecular weight excluding hydrogens is 437 g/mol. The Morgan fingerprint density at radius 1 is 1.10 bits per heavy atom. The number of carbonyl (C=O) groups excluding carboxylic acids is 1. The summed E-state index contributed by atoms with van der Waals surface area (Å²) in [6.45, 7) is 4.54. The average molecular weight is 458 g/mol. The summed E-state index contributed by atoms with van der Waals surface area (Å²) in [4.78, 5) is 20.3. The maximum atomic E-state index is 13.4. The molecule has 2 amide bonds. The number of benzene rings is 1. The highest BCUT2D eigenvalue weighted by atomic mass is 35.5. The Bertz CT molecular complexity index is 1130. The molecule has 1 saturated heterocycles. The number of anilines is 2. The molecule has 0 spiro atoms. The lowest BCUT2D eigenvalue weighted by Crippen LogP contribution is -2.53. The number of hydrogen-bond acceptors (Lipinski definition) is 4. The van der Waals surface area contributed by atoms with Crippen LogP contribution in [-0.2, 0) is 0 Å². The number of thiophene rings is 1. The van der Waals surface area contributed by atoms with Crippen molar-refractivity contribution in [2.75, 3.05) is 36.0 Å². The van der Waals surface area contributed by atoms with Gasteiger partial charge in [0.15, 0.2) is 0 Å². The minimum absolute atomic E-state index is 0.0584. The van der Waals surface area contributed by atoms with Crippen LogP contribution in [0.25, 0.3) is 0 Å². The number of urea groups is 1. The predicted molar refractivity (Wildman–Crippen MR) is 122 cm³/mol. The molecule has 2 aromatic heterocycles. The van der Waals surface area contributed by atoms with E-state index in [4.69, 9.17) is 11.6 Å². The van der Waals surface area contributed by atoms with Gasteiger partial charge in [0.2, 0.25) is 0 Å². The fourth-order valence-corrected chi connectivity index (χ4v) is 5.26. The number of fused-ring (bicyclic) bond motifs is 1. The number of hydrogen-bond donors (Lipinski definition) is 0. The average Bonchev–Trinajstić information content (AvgIpc) is 3.43. The van der Waals surface area contributed by atoms with Gasteiger partial charge < -0.3 is 9.80 Å². The molecule has 160 valence electrons. The summed E-state index contributed by atoms with van der Waals surface area (Å²) in [5, 5.41) is 4.48. The van der Waals surface area contributed by atoms with Crippen LogP contribution in [0.3, 0.4) is 0 Å². The lowest BCUT2D eigenvalue weighted by Gasteiger charge is -2.40. The molecule has 0 aliphatic carbocycles. The Labute approximate surface area is 188 Å². The zero-order valence-corrected chi connectivity index (χ0v) is 18.5. The molecule has 3 aromatic rings. The molecule has 31 heavy (non-hydrogen) atoms. The molecule has 1 unspecified atom stereocenters. The van der Waals surface area contributed by atoms with Crippen LogP contribution in [-0.4, -0.2) is 46.9 Å². The van der Waals surface area contributed by atoms with Crippen LogP contribution < -0.4 is 9.80 Å². The first kappa shape index (κ1) is 20.1. The number of nitrogens with zero attached hydrogens (tertiary/aromatic N) is 5. The summed E-state index contributed by atoms with van der Waals surface area (Å²) in [7, 11) is 0. The zero-order valence-electron chi connectivity index (χ0n) is 16.9. The lowest BCUT2D eigenvalue weighted by molar-refractivity contribution is 0.202. The number of aromatic nitrogens is 2. The third-order valence-corrected chi connectivity index (χ3v) is 7.01. The van der Waals surface area contributed by atoms with Crippen molar-refractivity contribution >= 4 is 40.5 Å². The minimum atomic E-state index is -0.246. The topological polar surface area (TPSA) is 44.6 Å². The number of amides is 2. The van der Waals surface area contributed by atoms with E-state index in [1.54, 1.807) is 23.2 Å².